The fourth-order valence-electron chi connectivity index (χ4n) is 1.44. The number of aliphatic hydroxyl groups excluding tert-OH is 2. The molecule has 0 fully saturated rings. The van der Waals surface area contributed by atoms with Gasteiger partial charge >= 0.3 is 5.97 Å². The van der Waals surface area contributed by atoms with Crippen molar-refractivity contribution in [2.24, 2.45) is 0 Å². The maximum atomic E-state index is 9.64. The van der Waals surface area contributed by atoms with E-state index >= 15 is 0 Å². The molecule has 0 aliphatic rings. The number of carboxylic acid groups (broad SMARTS) is 1. The Labute approximate surface area is 163 Å². The van der Waals surface area contributed by atoms with Crippen molar-refractivity contribution in [2.75, 3.05) is 39.6 Å². The molecule has 0 heterocycles. The van der Waals surface area contributed by atoms with Gasteiger partial charge in [-0.05, 0) is 34.1 Å². The van der Waals surface area contributed by atoms with Gasteiger partial charge in [-0.15, -0.1) is 0 Å². The van der Waals surface area contributed by atoms with Crippen LogP contribution in [0.5, 0.6) is 0 Å². The van der Waals surface area contributed by atoms with Gasteiger partial charge in [0.2, 0.25) is 0 Å². The lowest BCUT2D eigenvalue weighted by atomic mass is 10.3. The molecule has 0 amide bonds. The Morgan fingerprint density at radius 3 is 1.81 bits per heavy atom. The van der Waals surface area contributed by atoms with E-state index in [-0.39, 0.29) is 37.1 Å². The van der Waals surface area contributed by atoms with Gasteiger partial charge in [-0.3, -0.25) is 0 Å². The second kappa shape index (κ2) is 18.3. The smallest absolute Gasteiger partial charge is 0.330 e. The van der Waals surface area contributed by atoms with E-state index in [9.17, 15) is 9.90 Å². The predicted octanol–water partition coefficient (Wildman–Crippen LogP) is 1.63. The van der Waals surface area contributed by atoms with E-state index in [4.69, 9.17) is 29.2 Å². The van der Waals surface area contributed by atoms with Gasteiger partial charge in [0.15, 0.2) is 0 Å². The largest absolute Gasteiger partial charge is 0.478 e. The molecule has 0 aliphatic heterocycles. The SMILES string of the molecule is C=C(C)C(=O)O.CCCOCC(O)COC(C)COC(C)COC(C)CO. The van der Waals surface area contributed by atoms with Crippen LogP contribution in [-0.2, 0) is 23.7 Å². The normalized spacial score (nSPS) is 15.2. The van der Waals surface area contributed by atoms with Crippen LogP contribution in [0.25, 0.3) is 0 Å². The third kappa shape index (κ3) is 21.1. The van der Waals surface area contributed by atoms with Crippen molar-refractivity contribution in [3.8, 4) is 0 Å². The molecule has 162 valence electrons. The van der Waals surface area contributed by atoms with Crippen LogP contribution in [0.3, 0.4) is 0 Å². The standard InChI is InChI=1S/C15H32O6.C4H6O2/c1-5-6-18-10-15(17)11-21-14(4)9-20-13(3)8-19-12(2)7-16;1-3(2)4(5)6/h12-17H,5-11H2,1-4H3;1H2,2H3,(H,5,6). The van der Waals surface area contributed by atoms with Crippen molar-refractivity contribution in [3.63, 3.8) is 0 Å². The second-order valence-electron chi connectivity index (χ2n) is 6.43. The molecule has 8 heteroatoms. The maximum Gasteiger partial charge on any atom is 0.330 e. The lowest BCUT2D eigenvalue weighted by Gasteiger charge is -2.20. The summed E-state index contributed by atoms with van der Waals surface area (Å²) in [5.74, 6) is -0.935. The third-order valence-corrected chi connectivity index (χ3v) is 3.08. The average Bonchev–Trinajstić information content (AvgIpc) is 2.63. The Bertz CT molecular complexity index is 363. The number of hydrogen-bond acceptors (Lipinski definition) is 7. The zero-order valence-electron chi connectivity index (χ0n) is 17.3. The maximum absolute atomic E-state index is 9.64. The molecule has 0 spiro atoms. The minimum Gasteiger partial charge on any atom is -0.478 e. The van der Waals surface area contributed by atoms with Crippen molar-refractivity contribution in [2.45, 2.75) is 65.5 Å². The van der Waals surface area contributed by atoms with Crippen molar-refractivity contribution in [1.29, 1.82) is 0 Å². The zero-order valence-corrected chi connectivity index (χ0v) is 17.3. The highest BCUT2D eigenvalue weighted by Gasteiger charge is 2.11. The molecule has 8 nitrogen and oxygen atoms in total. The molecule has 0 rings (SSSR count). The summed E-state index contributed by atoms with van der Waals surface area (Å²) in [7, 11) is 0. The van der Waals surface area contributed by atoms with Crippen LogP contribution in [0, 0.1) is 0 Å². The minimum absolute atomic E-state index is 0.00419. The number of hydrogen-bond donors (Lipinski definition) is 3. The van der Waals surface area contributed by atoms with Crippen molar-refractivity contribution >= 4 is 5.97 Å². The summed E-state index contributed by atoms with van der Waals surface area (Å²) in [4.78, 5) is 9.60. The predicted molar refractivity (Wildman–Crippen MR) is 103 cm³/mol. The summed E-state index contributed by atoms with van der Waals surface area (Å²) in [5.41, 5.74) is 0.176. The van der Waals surface area contributed by atoms with Crippen LogP contribution in [0.1, 0.15) is 41.0 Å². The highest BCUT2D eigenvalue weighted by molar-refractivity contribution is 5.84. The van der Waals surface area contributed by atoms with Crippen molar-refractivity contribution < 1.29 is 39.1 Å². The van der Waals surface area contributed by atoms with Crippen LogP contribution < -0.4 is 0 Å². The highest BCUT2D eigenvalue weighted by Crippen LogP contribution is 2.01. The fourth-order valence-corrected chi connectivity index (χ4v) is 1.44. The molecule has 4 atom stereocenters. The van der Waals surface area contributed by atoms with E-state index in [0.29, 0.717) is 26.4 Å². The van der Waals surface area contributed by atoms with Gasteiger partial charge in [0.05, 0.1) is 51.3 Å². The first kappa shape index (κ1) is 28.2. The fraction of sp³-hybridized carbons (Fsp3) is 0.842. The first-order chi connectivity index (χ1) is 12.6. The van der Waals surface area contributed by atoms with Crippen LogP contribution in [-0.4, -0.2) is 85.3 Å². The van der Waals surface area contributed by atoms with Gasteiger partial charge < -0.3 is 34.3 Å². The summed E-state index contributed by atoms with van der Waals surface area (Å²) in [6, 6.07) is 0. The number of rotatable bonds is 15. The van der Waals surface area contributed by atoms with Gasteiger partial charge in [-0.2, -0.15) is 0 Å². The first-order valence-corrected chi connectivity index (χ1v) is 9.24. The topological polar surface area (TPSA) is 115 Å². The molecule has 3 N–H and O–H groups in total. The Morgan fingerprint density at radius 2 is 1.41 bits per heavy atom. The van der Waals surface area contributed by atoms with Crippen LogP contribution >= 0.6 is 0 Å². The lowest BCUT2D eigenvalue weighted by molar-refractivity contribution is -0.132. The van der Waals surface area contributed by atoms with Gasteiger partial charge in [0, 0.05) is 12.2 Å². The van der Waals surface area contributed by atoms with Gasteiger partial charge in [-0.1, -0.05) is 13.5 Å². The molecule has 27 heavy (non-hydrogen) atoms. The Balaban J connectivity index is 0. The van der Waals surface area contributed by atoms with Gasteiger partial charge in [-0.25, -0.2) is 4.79 Å². The molecule has 0 aromatic carbocycles. The van der Waals surface area contributed by atoms with E-state index in [1.807, 2.05) is 20.8 Å². The monoisotopic (exact) mass is 394 g/mol. The van der Waals surface area contributed by atoms with E-state index in [1.165, 1.54) is 6.92 Å². The van der Waals surface area contributed by atoms with E-state index in [2.05, 4.69) is 6.58 Å². The van der Waals surface area contributed by atoms with Crippen molar-refractivity contribution in [3.05, 3.63) is 12.2 Å². The molecule has 0 bridgehead atoms. The number of carbonyl (C=O) groups is 1. The number of carboxylic acids is 1. The first-order valence-electron chi connectivity index (χ1n) is 9.24. The average molecular weight is 395 g/mol. The van der Waals surface area contributed by atoms with E-state index < -0.39 is 12.1 Å². The summed E-state index contributed by atoms with van der Waals surface area (Å²) in [6.07, 6.45) is -0.0216. The molecule has 0 saturated heterocycles. The molecule has 0 saturated carbocycles. The van der Waals surface area contributed by atoms with Gasteiger partial charge in [0.1, 0.15) is 6.10 Å². The van der Waals surface area contributed by atoms with Crippen LogP contribution in [0.2, 0.25) is 0 Å². The number of aliphatic hydroxyl groups is 2. The molecule has 0 aliphatic carbocycles. The molecular formula is C19H38O8. The summed E-state index contributed by atoms with van der Waals surface area (Å²) in [5, 5.41) is 26.4. The number of aliphatic carboxylic acids is 1. The van der Waals surface area contributed by atoms with Crippen LogP contribution in [0.15, 0.2) is 12.2 Å². The van der Waals surface area contributed by atoms with E-state index in [0.717, 1.165) is 6.42 Å². The zero-order chi connectivity index (χ0) is 21.2. The molecule has 4 unspecified atom stereocenters. The Hall–Kier alpha value is -1.03. The molecular weight excluding hydrogens is 356 g/mol. The number of ether oxygens (including phenoxy) is 4. The highest BCUT2D eigenvalue weighted by atomic mass is 16.6. The third-order valence-electron chi connectivity index (χ3n) is 3.08. The van der Waals surface area contributed by atoms with E-state index in [1.54, 1.807) is 6.92 Å². The molecule has 0 aromatic rings. The quantitative estimate of drug-likeness (QED) is 0.284. The summed E-state index contributed by atoms with van der Waals surface area (Å²) in [6.45, 7) is 14.3. The summed E-state index contributed by atoms with van der Waals surface area (Å²) < 4.78 is 21.7. The minimum atomic E-state index is -0.935. The second-order valence-corrected chi connectivity index (χ2v) is 6.43. The summed E-state index contributed by atoms with van der Waals surface area (Å²) >= 11 is 0. The molecule has 0 aromatic heterocycles. The lowest BCUT2D eigenvalue weighted by Crippen LogP contribution is -2.29. The molecule has 0 radical (unpaired) electrons. The van der Waals surface area contributed by atoms with Gasteiger partial charge in [0.25, 0.3) is 0 Å². The Morgan fingerprint density at radius 1 is 0.963 bits per heavy atom. The Kier molecular flexibility index (Phi) is 19.1. The van der Waals surface area contributed by atoms with Crippen molar-refractivity contribution in [1.82, 2.24) is 0 Å². The van der Waals surface area contributed by atoms with Crippen LogP contribution in [0.4, 0.5) is 0 Å².